The fraction of sp³-hybridized carbons (Fsp3) is 0.103. The maximum atomic E-state index is 2.55. The maximum absolute atomic E-state index is 2.55. The minimum Gasteiger partial charge on any atom is -0.310 e. The van der Waals surface area contributed by atoms with Crippen LogP contribution in [0, 0.1) is 0 Å². The molecule has 0 N–H and O–H groups in total. The van der Waals surface area contributed by atoms with E-state index in [2.05, 4.69) is 217 Å². The van der Waals surface area contributed by atoms with Crippen LogP contribution < -0.4 is 4.90 Å². The fourth-order valence-electron chi connectivity index (χ4n) is 10.3. The van der Waals surface area contributed by atoms with Gasteiger partial charge in [0.25, 0.3) is 0 Å². The smallest absolute Gasteiger partial charge is 0.0540 e. The molecule has 2 aliphatic rings. The number of nitrogens with zero attached hydrogens (tertiary/aromatic N) is 1. The molecule has 0 unspecified atom stereocenters. The lowest BCUT2D eigenvalue weighted by atomic mass is 9.68. The van der Waals surface area contributed by atoms with Gasteiger partial charge in [0.05, 0.1) is 5.69 Å². The van der Waals surface area contributed by atoms with E-state index in [0.717, 1.165) is 11.4 Å². The van der Waals surface area contributed by atoms with Gasteiger partial charge in [-0.2, -0.15) is 0 Å². The van der Waals surface area contributed by atoms with E-state index in [0.29, 0.717) is 0 Å². The molecule has 1 fully saturated rings. The highest BCUT2D eigenvalue weighted by Gasteiger charge is 2.44. The van der Waals surface area contributed by atoms with E-state index in [1.54, 1.807) is 0 Å². The number of anilines is 3. The molecule has 9 aromatic rings. The van der Waals surface area contributed by atoms with E-state index in [1.807, 2.05) is 0 Å². The molecular formula is C58H45N. The minimum atomic E-state index is 0.0546. The molecular weight excluding hydrogens is 711 g/mol. The van der Waals surface area contributed by atoms with Gasteiger partial charge in [-0.1, -0.05) is 195 Å². The zero-order chi connectivity index (χ0) is 39.2. The number of rotatable bonds is 7. The third kappa shape index (κ3) is 6.08. The standard InChI is InChI=1S/C58H45N/c1-3-18-43(19-4-1)48-21-7-8-22-49(48)50-23-9-10-24-51(50)54-26-12-14-28-57(54)59(46-33-31-42(32-34-46)45-30-29-41-17-5-6-20-44(41)39-45)47-35-36-53-52-25-11-13-27-55(52)58(56(53)40-47)37-15-2-16-38-58/h1,3-14,17-36,39-40H,2,15-16,37-38H2. The Morgan fingerprint density at radius 3 is 1.61 bits per heavy atom. The largest absolute Gasteiger partial charge is 0.310 e. The predicted octanol–water partition coefficient (Wildman–Crippen LogP) is 16.2. The van der Waals surface area contributed by atoms with Crippen LogP contribution in [0.15, 0.2) is 212 Å². The lowest BCUT2D eigenvalue weighted by Gasteiger charge is -2.37. The van der Waals surface area contributed by atoms with Crippen LogP contribution in [-0.4, -0.2) is 0 Å². The Hall–Kier alpha value is -6.96. The average Bonchev–Trinajstić information content (AvgIpc) is 3.57. The predicted molar refractivity (Wildman–Crippen MR) is 250 cm³/mol. The highest BCUT2D eigenvalue weighted by atomic mass is 15.1. The lowest BCUT2D eigenvalue weighted by Crippen LogP contribution is -2.28. The summed E-state index contributed by atoms with van der Waals surface area (Å²) < 4.78 is 0. The summed E-state index contributed by atoms with van der Waals surface area (Å²) in [6.45, 7) is 0. The van der Waals surface area contributed by atoms with Gasteiger partial charge in [-0.25, -0.2) is 0 Å². The van der Waals surface area contributed by atoms with Gasteiger partial charge in [0.2, 0.25) is 0 Å². The van der Waals surface area contributed by atoms with Crippen LogP contribution in [0.1, 0.15) is 43.2 Å². The molecule has 0 heterocycles. The normalized spacial score (nSPS) is 13.9. The first kappa shape index (κ1) is 35.2. The molecule has 1 saturated carbocycles. The van der Waals surface area contributed by atoms with E-state index in [4.69, 9.17) is 0 Å². The van der Waals surface area contributed by atoms with Crippen molar-refractivity contribution in [2.45, 2.75) is 37.5 Å². The van der Waals surface area contributed by atoms with E-state index in [-0.39, 0.29) is 5.41 Å². The molecule has 0 radical (unpaired) electrons. The van der Waals surface area contributed by atoms with Crippen molar-refractivity contribution >= 4 is 27.8 Å². The number of fused-ring (bicyclic) bond motifs is 6. The van der Waals surface area contributed by atoms with Crippen molar-refractivity contribution < 1.29 is 0 Å². The third-order valence-electron chi connectivity index (χ3n) is 13.1. The molecule has 0 bridgehead atoms. The Labute approximate surface area is 347 Å². The first-order valence-electron chi connectivity index (χ1n) is 21.2. The molecule has 59 heavy (non-hydrogen) atoms. The van der Waals surface area contributed by atoms with Gasteiger partial charge < -0.3 is 4.90 Å². The third-order valence-corrected chi connectivity index (χ3v) is 13.1. The topological polar surface area (TPSA) is 3.24 Å². The first-order chi connectivity index (χ1) is 29.2. The Kier molecular flexibility index (Phi) is 8.81. The Morgan fingerprint density at radius 2 is 0.847 bits per heavy atom. The number of benzene rings is 9. The lowest BCUT2D eigenvalue weighted by molar-refractivity contribution is 0.353. The van der Waals surface area contributed by atoms with Crippen molar-refractivity contribution in [1.29, 1.82) is 0 Å². The highest BCUT2D eigenvalue weighted by Crippen LogP contribution is 2.57. The van der Waals surface area contributed by atoms with Gasteiger partial charge in [0.1, 0.15) is 0 Å². The van der Waals surface area contributed by atoms with Crippen LogP contribution in [0.3, 0.4) is 0 Å². The van der Waals surface area contributed by atoms with Crippen LogP contribution in [-0.2, 0) is 5.41 Å². The molecule has 2 aliphatic carbocycles. The van der Waals surface area contributed by atoms with Crippen LogP contribution >= 0.6 is 0 Å². The summed E-state index contributed by atoms with van der Waals surface area (Å²) in [7, 11) is 0. The molecule has 0 saturated heterocycles. The second-order valence-electron chi connectivity index (χ2n) is 16.3. The molecule has 1 heteroatoms. The highest BCUT2D eigenvalue weighted by molar-refractivity contribution is 5.98. The second kappa shape index (κ2) is 14.8. The van der Waals surface area contributed by atoms with E-state index < -0.39 is 0 Å². The maximum Gasteiger partial charge on any atom is 0.0540 e. The first-order valence-corrected chi connectivity index (χ1v) is 21.2. The quantitative estimate of drug-likeness (QED) is 0.157. The second-order valence-corrected chi connectivity index (χ2v) is 16.3. The zero-order valence-electron chi connectivity index (χ0n) is 33.2. The summed E-state index contributed by atoms with van der Waals surface area (Å²) in [5, 5.41) is 2.52. The van der Waals surface area contributed by atoms with Gasteiger partial charge in [-0.05, 0) is 121 Å². The van der Waals surface area contributed by atoms with E-state index in [9.17, 15) is 0 Å². The van der Waals surface area contributed by atoms with Crippen LogP contribution in [0.2, 0.25) is 0 Å². The molecule has 9 aromatic carbocycles. The molecule has 11 rings (SSSR count). The van der Waals surface area contributed by atoms with Gasteiger partial charge in [0, 0.05) is 22.4 Å². The van der Waals surface area contributed by atoms with Crippen molar-refractivity contribution in [3.05, 3.63) is 223 Å². The molecule has 0 aliphatic heterocycles. The summed E-state index contributed by atoms with van der Waals surface area (Å²) in [5.41, 5.74) is 19.1. The van der Waals surface area contributed by atoms with Gasteiger partial charge in [-0.15, -0.1) is 0 Å². The van der Waals surface area contributed by atoms with Crippen molar-refractivity contribution in [3.8, 4) is 55.6 Å². The van der Waals surface area contributed by atoms with Crippen molar-refractivity contribution in [2.75, 3.05) is 4.90 Å². The number of para-hydroxylation sites is 1. The molecule has 1 nitrogen and oxygen atoms in total. The van der Waals surface area contributed by atoms with Crippen LogP contribution in [0.4, 0.5) is 17.1 Å². The Bertz CT molecular complexity index is 2970. The fourth-order valence-corrected chi connectivity index (χ4v) is 10.3. The van der Waals surface area contributed by atoms with Crippen molar-refractivity contribution in [3.63, 3.8) is 0 Å². The minimum absolute atomic E-state index is 0.0546. The summed E-state index contributed by atoms with van der Waals surface area (Å²) >= 11 is 0. The van der Waals surface area contributed by atoms with Gasteiger partial charge in [0.15, 0.2) is 0 Å². The van der Waals surface area contributed by atoms with Gasteiger partial charge >= 0.3 is 0 Å². The Balaban J connectivity index is 1.10. The van der Waals surface area contributed by atoms with Crippen LogP contribution in [0.5, 0.6) is 0 Å². The summed E-state index contributed by atoms with van der Waals surface area (Å²) in [5.74, 6) is 0. The zero-order valence-corrected chi connectivity index (χ0v) is 33.2. The summed E-state index contributed by atoms with van der Waals surface area (Å²) in [4.78, 5) is 2.51. The summed E-state index contributed by atoms with van der Waals surface area (Å²) in [6, 6.07) is 78.7. The summed E-state index contributed by atoms with van der Waals surface area (Å²) in [6.07, 6.45) is 6.25. The Morgan fingerprint density at radius 1 is 0.305 bits per heavy atom. The van der Waals surface area contributed by atoms with E-state index >= 15 is 0 Å². The molecule has 1 spiro atoms. The van der Waals surface area contributed by atoms with Crippen molar-refractivity contribution in [1.82, 2.24) is 0 Å². The number of hydrogen-bond donors (Lipinski definition) is 0. The molecule has 282 valence electrons. The number of hydrogen-bond acceptors (Lipinski definition) is 1. The van der Waals surface area contributed by atoms with Gasteiger partial charge in [-0.3, -0.25) is 0 Å². The molecule has 0 amide bonds. The molecule has 0 aromatic heterocycles. The van der Waals surface area contributed by atoms with E-state index in [1.165, 1.54) is 115 Å². The SMILES string of the molecule is c1ccc(-c2ccccc2-c2ccccc2-c2ccccc2N(c2ccc(-c3ccc4ccccc4c3)cc2)c2ccc3c(c2)C2(CCCCC2)c2ccccc2-3)cc1. The van der Waals surface area contributed by atoms with Crippen LogP contribution in [0.25, 0.3) is 66.4 Å². The monoisotopic (exact) mass is 755 g/mol. The van der Waals surface area contributed by atoms with Crippen molar-refractivity contribution in [2.24, 2.45) is 0 Å². The molecule has 0 atom stereocenters. The average molecular weight is 756 g/mol.